The van der Waals surface area contributed by atoms with Crippen molar-refractivity contribution >= 4 is 27.0 Å². The summed E-state index contributed by atoms with van der Waals surface area (Å²) in [5.74, 6) is 0.601. The number of hydrogen-bond acceptors (Lipinski definition) is 7. The average Bonchev–Trinajstić information content (AvgIpc) is 3.32. The number of carbonyl (C=O) groups excluding carboxylic acids is 1. The van der Waals surface area contributed by atoms with Gasteiger partial charge in [0.05, 0.1) is 22.7 Å². The maximum Gasteiger partial charge on any atom is 0.407 e. The summed E-state index contributed by atoms with van der Waals surface area (Å²) in [4.78, 5) is 16.4. The number of hydrogen-bond donors (Lipinski definition) is 2. The smallest absolute Gasteiger partial charge is 0.407 e. The van der Waals surface area contributed by atoms with Gasteiger partial charge < -0.3 is 14.6 Å². The zero-order valence-electron chi connectivity index (χ0n) is 18.2. The molecule has 1 saturated carbocycles. The Morgan fingerprint density at radius 3 is 2.75 bits per heavy atom. The Balaban J connectivity index is 1.72. The van der Waals surface area contributed by atoms with Crippen LogP contribution in [0, 0.1) is 13.8 Å². The fraction of sp³-hybridized carbons (Fsp3) is 0.409. The fourth-order valence-corrected chi connectivity index (χ4v) is 5.82. The van der Waals surface area contributed by atoms with E-state index in [-0.39, 0.29) is 17.5 Å². The molecule has 32 heavy (non-hydrogen) atoms. The standard InChI is InChI=1S/C22H26N4O5S/c1-4-30-22(27)24-17-8-5-9-18(17)26-32(28,29)20-12-15(21-13(2)25-31-14(21)3)11-19-16(20)7-6-10-23-19/h6-7,10-12,17-18,26H,4-5,8-9H2,1-3H3,(H,24,27)/t17-,18+/m0/s1. The van der Waals surface area contributed by atoms with Gasteiger partial charge in [-0.1, -0.05) is 5.16 Å². The third-order valence-corrected chi connectivity index (χ3v) is 7.23. The molecule has 2 N–H and O–H groups in total. The summed E-state index contributed by atoms with van der Waals surface area (Å²) >= 11 is 0. The van der Waals surface area contributed by atoms with Gasteiger partial charge in [-0.25, -0.2) is 17.9 Å². The third-order valence-electron chi connectivity index (χ3n) is 5.70. The van der Waals surface area contributed by atoms with Crippen molar-refractivity contribution in [2.75, 3.05) is 6.61 Å². The lowest BCUT2D eigenvalue weighted by atomic mass is 10.0. The van der Waals surface area contributed by atoms with Crippen LogP contribution in [-0.2, 0) is 14.8 Å². The van der Waals surface area contributed by atoms with Crippen molar-refractivity contribution in [1.29, 1.82) is 0 Å². The van der Waals surface area contributed by atoms with Crippen LogP contribution < -0.4 is 10.0 Å². The number of sulfonamides is 1. The highest BCUT2D eigenvalue weighted by Gasteiger charge is 2.33. The van der Waals surface area contributed by atoms with Crippen LogP contribution in [0.4, 0.5) is 4.79 Å². The fourth-order valence-electron chi connectivity index (χ4n) is 4.27. The summed E-state index contributed by atoms with van der Waals surface area (Å²) in [6.45, 7) is 5.57. The summed E-state index contributed by atoms with van der Waals surface area (Å²) in [7, 11) is -3.92. The largest absolute Gasteiger partial charge is 0.450 e. The highest BCUT2D eigenvalue weighted by atomic mass is 32.2. The van der Waals surface area contributed by atoms with E-state index in [1.165, 1.54) is 0 Å². The van der Waals surface area contributed by atoms with Crippen LogP contribution in [-0.4, -0.2) is 43.3 Å². The van der Waals surface area contributed by atoms with E-state index >= 15 is 0 Å². The Bertz CT molecular complexity index is 1230. The number of nitrogens with one attached hydrogen (secondary N) is 2. The molecule has 0 radical (unpaired) electrons. The molecular formula is C22H26N4O5S. The summed E-state index contributed by atoms with van der Waals surface area (Å²) < 4.78 is 40.1. The molecule has 2 heterocycles. The molecule has 1 fully saturated rings. The van der Waals surface area contributed by atoms with Gasteiger partial charge in [-0.05, 0) is 69.9 Å². The minimum absolute atomic E-state index is 0.125. The topological polar surface area (TPSA) is 123 Å². The van der Waals surface area contributed by atoms with E-state index in [2.05, 4.69) is 20.2 Å². The van der Waals surface area contributed by atoms with E-state index in [0.717, 1.165) is 12.0 Å². The highest BCUT2D eigenvalue weighted by molar-refractivity contribution is 7.89. The van der Waals surface area contributed by atoms with Gasteiger partial charge in [-0.2, -0.15) is 0 Å². The number of amides is 1. The van der Waals surface area contributed by atoms with Gasteiger partial charge >= 0.3 is 6.09 Å². The lowest BCUT2D eigenvalue weighted by Gasteiger charge is -2.22. The molecule has 2 atom stereocenters. The monoisotopic (exact) mass is 458 g/mol. The molecule has 0 bridgehead atoms. The first-order valence-corrected chi connectivity index (χ1v) is 12.1. The van der Waals surface area contributed by atoms with Crippen molar-refractivity contribution in [3.8, 4) is 11.1 Å². The van der Waals surface area contributed by atoms with Crippen LogP contribution >= 0.6 is 0 Å². The van der Waals surface area contributed by atoms with E-state index in [9.17, 15) is 13.2 Å². The molecule has 1 aliphatic carbocycles. The van der Waals surface area contributed by atoms with Crippen molar-refractivity contribution in [3.05, 3.63) is 41.9 Å². The summed E-state index contributed by atoms with van der Waals surface area (Å²) in [6.07, 6.45) is 3.17. The molecule has 1 aliphatic rings. The predicted octanol–water partition coefficient (Wildman–Crippen LogP) is 3.45. The van der Waals surface area contributed by atoms with Gasteiger partial charge in [0.15, 0.2) is 0 Å². The Labute approximate surface area is 186 Å². The highest BCUT2D eigenvalue weighted by Crippen LogP contribution is 2.33. The molecule has 4 rings (SSSR count). The third kappa shape index (κ3) is 4.33. The Kier molecular flexibility index (Phi) is 6.16. The van der Waals surface area contributed by atoms with Gasteiger partial charge in [0.1, 0.15) is 5.76 Å². The predicted molar refractivity (Wildman–Crippen MR) is 119 cm³/mol. The Morgan fingerprint density at radius 1 is 1.25 bits per heavy atom. The zero-order chi connectivity index (χ0) is 22.9. The molecule has 1 aromatic carbocycles. The van der Waals surface area contributed by atoms with Crippen LogP contribution in [0.5, 0.6) is 0 Å². The van der Waals surface area contributed by atoms with Crippen LogP contribution in [0.3, 0.4) is 0 Å². The second-order valence-electron chi connectivity index (χ2n) is 7.87. The molecule has 1 amide bonds. The molecule has 0 spiro atoms. The van der Waals surface area contributed by atoms with Crippen molar-refractivity contribution in [2.45, 2.75) is 57.0 Å². The number of benzene rings is 1. The number of nitrogens with zero attached hydrogens (tertiary/aromatic N) is 2. The van der Waals surface area contributed by atoms with Gasteiger partial charge in [0.2, 0.25) is 10.0 Å². The first-order chi connectivity index (χ1) is 15.3. The summed E-state index contributed by atoms with van der Waals surface area (Å²) in [5, 5.41) is 7.27. The summed E-state index contributed by atoms with van der Waals surface area (Å²) in [6, 6.07) is 6.13. The minimum Gasteiger partial charge on any atom is -0.450 e. The number of rotatable bonds is 6. The van der Waals surface area contributed by atoms with Crippen molar-refractivity contribution < 1.29 is 22.5 Å². The number of aromatic nitrogens is 2. The first-order valence-electron chi connectivity index (χ1n) is 10.6. The molecule has 3 aromatic rings. The molecule has 0 unspecified atom stereocenters. The number of alkyl carbamates (subject to hydrolysis) is 1. The van der Waals surface area contributed by atoms with E-state index in [1.807, 2.05) is 13.0 Å². The normalized spacial score (nSPS) is 18.7. The second kappa shape index (κ2) is 8.87. The Morgan fingerprint density at radius 2 is 2.03 bits per heavy atom. The molecule has 0 aliphatic heterocycles. The number of fused-ring (bicyclic) bond motifs is 1. The van der Waals surface area contributed by atoms with Gasteiger partial charge in [0.25, 0.3) is 0 Å². The van der Waals surface area contributed by atoms with Crippen LogP contribution in [0.1, 0.15) is 37.6 Å². The van der Waals surface area contributed by atoms with E-state index < -0.39 is 22.2 Å². The van der Waals surface area contributed by atoms with Gasteiger partial charge in [-0.15, -0.1) is 0 Å². The molecular weight excluding hydrogens is 432 g/mol. The number of carbonyl (C=O) groups is 1. The second-order valence-corrected chi connectivity index (χ2v) is 9.56. The lowest BCUT2D eigenvalue weighted by molar-refractivity contribution is 0.147. The van der Waals surface area contributed by atoms with E-state index in [4.69, 9.17) is 9.26 Å². The molecule has 9 nitrogen and oxygen atoms in total. The van der Waals surface area contributed by atoms with Crippen LogP contribution in [0.2, 0.25) is 0 Å². The SMILES string of the molecule is CCOC(=O)N[C@H]1CCC[C@H]1NS(=O)(=O)c1cc(-c2c(C)noc2C)cc2ncccc12. The molecule has 2 aromatic heterocycles. The number of pyridine rings is 1. The van der Waals surface area contributed by atoms with Crippen LogP contribution in [0.25, 0.3) is 22.0 Å². The van der Waals surface area contributed by atoms with Crippen molar-refractivity contribution in [3.63, 3.8) is 0 Å². The maximum absolute atomic E-state index is 13.5. The summed E-state index contributed by atoms with van der Waals surface area (Å²) in [5.41, 5.74) is 2.64. The van der Waals surface area contributed by atoms with Gasteiger partial charge in [0, 0.05) is 29.2 Å². The van der Waals surface area contributed by atoms with Crippen molar-refractivity contribution in [1.82, 2.24) is 20.2 Å². The first kappa shape index (κ1) is 22.2. The zero-order valence-corrected chi connectivity index (χ0v) is 19.0. The molecule has 0 saturated heterocycles. The van der Waals surface area contributed by atoms with Gasteiger partial charge in [-0.3, -0.25) is 4.98 Å². The van der Waals surface area contributed by atoms with E-state index in [0.29, 0.717) is 40.8 Å². The Hall–Kier alpha value is -2.98. The maximum atomic E-state index is 13.5. The average molecular weight is 459 g/mol. The van der Waals surface area contributed by atoms with Crippen molar-refractivity contribution in [2.24, 2.45) is 0 Å². The molecule has 170 valence electrons. The van der Waals surface area contributed by atoms with E-state index in [1.54, 1.807) is 38.2 Å². The number of ether oxygens (including phenoxy) is 1. The quantitative estimate of drug-likeness (QED) is 0.580. The van der Waals surface area contributed by atoms with Crippen LogP contribution in [0.15, 0.2) is 39.9 Å². The minimum atomic E-state index is -3.92. The molecule has 10 heteroatoms. The number of aryl methyl sites for hydroxylation is 2. The lowest BCUT2D eigenvalue weighted by Crippen LogP contribution is -2.48.